The van der Waals surface area contributed by atoms with Gasteiger partial charge in [0.25, 0.3) is 0 Å². The summed E-state index contributed by atoms with van der Waals surface area (Å²) >= 11 is 5.88. The molecule has 0 radical (unpaired) electrons. The Morgan fingerprint density at radius 1 is 1.33 bits per heavy atom. The molecule has 1 heterocycles. The Morgan fingerprint density at radius 3 is 2.75 bits per heavy atom. The minimum absolute atomic E-state index is 0. The second kappa shape index (κ2) is 9.22. The van der Waals surface area contributed by atoms with E-state index in [0.717, 1.165) is 18.1 Å². The molecule has 0 spiro atoms. The van der Waals surface area contributed by atoms with E-state index in [4.69, 9.17) is 16.1 Å². The molecule has 1 aromatic heterocycles. The minimum atomic E-state index is 0. The van der Waals surface area contributed by atoms with Crippen molar-refractivity contribution in [3.63, 3.8) is 0 Å². The Balaban J connectivity index is 0.00000208. The van der Waals surface area contributed by atoms with Gasteiger partial charge in [-0.15, -0.1) is 24.0 Å². The first-order valence-corrected chi connectivity index (χ1v) is 8.26. The predicted molar refractivity (Wildman–Crippen MR) is 106 cm³/mol. The van der Waals surface area contributed by atoms with Crippen LogP contribution in [-0.2, 0) is 6.42 Å². The van der Waals surface area contributed by atoms with Crippen molar-refractivity contribution in [3.8, 4) is 11.4 Å². The molecule has 2 aromatic rings. The number of nitrogens with one attached hydrogen (secondary N) is 2. The topological polar surface area (TPSA) is 75.3 Å². The smallest absolute Gasteiger partial charge is 0.228 e. The summed E-state index contributed by atoms with van der Waals surface area (Å²) in [6.45, 7) is 3.50. The van der Waals surface area contributed by atoms with Crippen LogP contribution in [0.15, 0.2) is 33.8 Å². The average Bonchev–Trinajstić information content (AvgIpc) is 3.24. The number of aromatic nitrogens is 2. The third-order valence-electron chi connectivity index (χ3n) is 3.43. The molecule has 130 valence electrons. The van der Waals surface area contributed by atoms with Crippen LogP contribution < -0.4 is 10.6 Å². The van der Waals surface area contributed by atoms with E-state index in [2.05, 4.69) is 32.7 Å². The Morgan fingerprint density at radius 2 is 2.08 bits per heavy atom. The maximum atomic E-state index is 5.88. The van der Waals surface area contributed by atoms with Crippen LogP contribution in [-0.4, -0.2) is 35.2 Å². The van der Waals surface area contributed by atoms with Crippen molar-refractivity contribution < 1.29 is 4.52 Å². The Kier molecular flexibility index (Phi) is 7.29. The molecule has 6 nitrogen and oxygen atoms in total. The number of rotatable bonds is 6. The van der Waals surface area contributed by atoms with E-state index in [1.54, 1.807) is 0 Å². The summed E-state index contributed by atoms with van der Waals surface area (Å²) in [5.41, 5.74) is 0.886. The molecule has 1 fully saturated rings. The normalized spacial score (nSPS) is 14.2. The lowest BCUT2D eigenvalue weighted by Crippen LogP contribution is -2.38. The van der Waals surface area contributed by atoms with Crippen molar-refractivity contribution >= 4 is 41.5 Å². The summed E-state index contributed by atoms with van der Waals surface area (Å²) in [6, 6.07) is 7.94. The summed E-state index contributed by atoms with van der Waals surface area (Å²) in [4.78, 5) is 8.93. The molecule has 1 saturated carbocycles. The molecule has 0 bridgehead atoms. The van der Waals surface area contributed by atoms with Crippen molar-refractivity contribution in [2.24, 2.45) is 4.99 Å². The van der Waals surface area contributed by atoms with Crippen LogP contribution in [0.2, 0.25) is 5.02 Å². The molecule has 1 aliphatic rings. The zero-order chi connectivity index (χ0) is 16.1. The number of nitrogens with zero attached hydrogens (tertiary/aromatic N) is 3. The van der Waals surface area contributed by atoms with Crippen LogP contribution in [0.4, 0.5) is 0 Å². The van der Waals surface area contributed by atoms with Gasteiger partial charge < -0.3 is 15.2 Å². The van der Waals surface area contributed by atoms with Crippen LogP contribution >= 0.6 is 35.6 Å². The first-order valence-electron chi connectivity index (χ1n) is 7.88. The number of hydrogen-bond donors (Lipinski definition) is 2. The van der Waals surface area contributed by atoms with Crippen molar-refractivity contribution in [2.45, 2.75) is 32.2 Å². The third-order valence-corrected chi connectivity index (χ3v) is 3.68. The lowest BCUT2D eigenvalue weighted by atomic mass is 10.2. The Hall–Kier alpha value is -1.35. The van der Waals surface area contributed by atoms with Gasteiger partial charge in [0, 0.05) is 29.6 Å². The van der Waals surface area contributed by atoms with Gasteiger partial charge in [0.2, 0.25) is 11.7 Å². The summed E-state index contributed by atoms with van der Waals surface area (Å²) in [6.07, 6.45) is 3.05. The van der Waals surface area contributed by atoms with Crippen molar-refractivity contribution in [1.29, 1.82) is 0 Å². The van der Waals surface area contributed by atoms with Gasteiger partial charge in [-0.3, -0.25) is 4.99 Å². The maximum absolute atomic E-state index is 5.88. The van der Waals surface area contributed by atoms with Gasteiger partial charge in [-0.2, -0.15) is 4.98 Å². The SMILES string of the molecule is CCNC(=NCCc1nc(-c2ccc(Cl)cc2)no1)NC1CC1.I. The molecule has 0 amide bonds. The fourth-order valence-electron chi connectivity index (χ4n) is 2.08. The van der Waals surface area contributed by atoms with Crippen molar-refractivity contribution in [3.05, 3.63) is 35.2 Å². The number of aliphatic imine (C=N–C) groups is 1. The molecule has 0 atom stereocenters. The van der Waals surface area contributed by atoms with Crippen LogP contribution in [0, 0.1) is 0 Å². The second-order valence-corrected chi connectivity index (χ2v) is 5.88. The Labute approximate surface area is 163 Å². The highest BCUT2D eigenvalue weighted by atomic mass is 127. The van der Waals surface area contributed by atoms with Gasteiger partial charge in [0.1, 0.15) is 0 Å². The van der Waals surface area contributed by atoms with E-state index in [1.807, 2.05) is 24.3 Å². The van der Waals surface area contributed by atoms with Gasteiger partial charge in [-0.1, -0.05) is 16.8 Å². The van der Waals surface area contributed by atoms with Crippen LogP contribution in [0.1, 0.15) is 25.7 Å². The van der Waals surface area contributed by atoms with Crippen LogP contribution in [0.3, 0.4) is 0 Å². The summed E-state index contributed by atoms with van der Waals surface area (Å²) < 4.78 is 5.28. The van der Waals surface area contributed by atoms with Gasteiger partial charge >= 0.3 is 0 Å². The van der Waals surface area contributed by atoms with E-state index in [9.17, 15) is 0 Å². The highest BCUT2D eigenvalue weighted by molar-refractivity contribution is 14.0. The molecule has 0 unspecified atom stereocenters. The summed E-state index contributed by atoms with van der Waals surface area (Å²) in [5, 5.41) is 11.3. The van der Waals surface area contributed by atoms with Crippen LogP contribution in [0.25, 0.3) is 11.4 Å². The quantitative estimate of drug-likeness (QED) is 0.392. The molecule has 1 aliphatic carbocycles. The first kappa shape index (κ1) is 19.0. The minimum Gasteiger partial charge on any atom is -0.357 e. The lowest BCUT2D eigenvalue weighted by Gasteiger charge is -2.09. The van der Waals surface area contributed by atoms with E-state index in [1.165, 1.54) is 12.8 Å². The van der Waals surface area contributed by atoms with Crippen molar-refractivity contribution in [2.75, 3.05) is 13.1 Å². The summed E-state index contributed by atoms with van der Waals surface area (Å²) in [5.74, 6) is 2.01. The lowest BCUT2D eigenvalue weighted by molar-refractivity contribution is 0.380. The molecule has 0 aliphatic heterocycles. The van der Waals surface area contributed by atoms with Gasteiger partial charge in [0.15, 0.2) is 5.96 Å². The van der Waals surface area contributed by atoms with Gasteiger partial charge in [-0.25, -0.2) is 0 Å². The van der Waals surface area contributed by atoms with Gasteiger partial charge in [0.05, 0.1) is 6.54 Å². The van der Waals surface area contributed by atoms with E-state index >= 15 is 0 Å². The van der Waals surface area contributed by atoms with Gasteiger partial charge in [-0.05, 0) is 44.0 Å². The maximum Gasteiger partial charge on any atom is 0.228 e. The molecule has 0 saturated heterocycles. The molecule has 24 heavy (non-hydrogen) atoms. The predicted octanol–water partition coefficient (Wildman–Crippen LogP) is 3.27. The highest BCUT2D eigenvalue weighted by Gasteiger charge is 2.22. The second-order valence-electron chi connectivity index (χ2n) is 5.45. The largest absolute Gasteiger partial charge is 0.357 e. The fourth-order valence-corrected chi connectivity index (χ4v) is 2.20. The number of hydrogen-bond acceptors (Lipinski definition) is 4. The zero-order valence-corrected chi connectivity index (χ0v) is 16.5. The first-order chi connectivity index (χ1) is 11.2. The molecule has 1 aromatic carbocycles. The third kappa shape index (κ3) is 5.62. The molecule has 2 N–H and O–H groups in total. The Bertz CT molecular complexity index is 669. The monoisotopic (exact) mass is 461 g/mol. The molecule has 8 heteroatoms. The van der Waals surface area contributed by atoms with E-state index in [-0.39, 0.29) is 24.0 Å². The number of halogens is 2. The zero-order valence-electron chi connectivity index (χ0n) is 13.5. The fraction of sp³-hybridized carbons (Fsp3) is 0.438. The highest BCUT2D eigenvalue weighted by Crippen LogP contribution is 2.19. The molecule has 3 rings (SSSR count). The summed E-state index contributed by atoms with van der Waals surface area (Å²) in [7, 11) is 0. The standard InChI is InChI=1S/C16H20ClN5O.HI/c1-2-18-16(20-13-7-8-13)19-10-9-14-21-15(22-23-14)11-3-5-12(17)6-4-11;/h3-6,13H,2,7-10H2,1H3,(H2,18,19,20);1H. The number of benzene rings is 1. The average molecular weight is 462 g/mol. The van der Waals surface area contributed by atoms with Crippen LogP contribution in [0.5, 0.6) is 0 Å². The number of guanidine groups is 1. The van der Waals surface area contributed by atoms with Crippen molar-refractivity contribution in [1.82, 2.24) is 20.8 Å². The molecular formula is C16H21ClIN5O. The molecular weight excluding hydrogens is 441 g/mol. The van der Waals surface area contributed by atoms with E-state index < -0.39 is 0 Å². The van der Waals surface area contributed by atoms with E-state index in [0.29, 0.717) is 35.7 Å².